The molecule has 3 aromatic carbocycles. The second-order valence-electron chi connectivity index (χ2n) is 6.89. The Morgan fingerprint density at radius 1 is 0.923 bits per heavy atom. The molecule has 0 aliphatic heterocycles. The topological polar surface area (TPSA) is 50.9 Å². The molecule has 4 aromatic rings. The molecule has 1 aliphatic carbocycles. The lowest BCUT2D eigenvalue weighted by molar-refractivity contribution is 0.219. The normalized spacial score (nSPS) is 15.3. The van der Waals surface area contributed by atoms with E-state index in [2.05, 4.69) is 22.4 Å². The van der Waals surface area contributed by atoms with Gasteiger partial charge < -0.3 is 5.11 Å². The van der Waals surface area contributed by atoms with Crippen LogP contribution in [0.5, 0.6) is 0 Å². The second kappa shape index (κ2) is 6.07. The lowest BCUT2D eigenvalue weighted by atomic mass is 9.94. The number of hydrogen-bond donors (Lipinski definition) is 1. The summed E-state index contributed by atoms with van der Waals surface area (Å²) in [6, 6.07) is 24.1. The van der Waals surface area contributed by atoms with Crippen molar-refractivity contribution in [1.82, 2.24) is 15.0 Å². The van der Waals surface area contributed by atoms with E-state index in [4.69, 9.17) is 0 Å². The van der Waals surface area contributed by atoms with Crippen molar-refractivity contribution in [2.24, 2.45) is 0 Å². The Kier molecular flexibility index (Phi) is 3.57. The van der Waals surface area contributed by atoms with E-state index < -0.39 is 6.10 Å². The molecule has 4 heteroatoms. The molecule has 0 spiro atoms. The summed E-state index contributed by atoms with van der Waals surface area (Å²) in [7, 11) is 0. The molecule has 1 saturated carbocycles. The molecule has 1 N–H and O–H groups in total. The van der Waals surface area contributed by atoms with Crippen LogP contribution in [-0.2, 0) is 0 Å². The molecule has 5 rings (SSSR count). The van der Waals surface area contributed by atoms with Crippen LogP contribution < -0.4 is 0 Å². The molecule has 26 heavy (non-hydrogen) atoms. The maximum atomic E-state index is 11.0. The Morgan fingerprint density at radius 3 is 2.50 bits per heavy atom. The van der Waals surface area contributed by atoms with Gasteiger partial charge in [-0.3, -0.25) is 0 Å². The van der Waals surface area contributed by atoms with Crippen molar-refractivity contribution in [1.29, 1.82) is 0 Å². The standard InChI is InChI=1S/C22H19N3O/c26-22(19-9-5-4-8-18(19)15-10-11-15)16-12-13-21-20(14-16)23-24-25(21)17-6-2-1-3-7-17/h1-9,12-15,22,26H,10-11H2. The van der Waals surface area contributed by atoms with Crippen LogP contribution in [0.2, 0.25) is 0 Å². The van der Waals surface area contributed by atoms with E-state index in [1.165, 1.54) is 18.4 Å². The van der Waals surface area contributed by atoms with E-state index in [0.717, 1.165) is 27.8 Å². The maximum Gasteiger partial charge on any atom is 0.114 e. The summed E-state index contributed by atoms with van der Waals surface area (Å²) in [5.41, 5.74) is 5.82. The molecule has 0 saturated heterocycles. The van der Waals surface area contributed by atoms with Gasteiger partial charge >= 0.3 is 0 Å². The van der Waals surface area contributed by atoms with Gasteiger partial charge in [0.15, 0.2) is 0 Å². The third-order valence-electron chi connectivity index (χ3n) is 5.09. The number of rotatable bonds is 4. The average molecular weight is 341 g/mol. The van der Waals surface area contributed by atoms with Gasteiger partial charge in [-0.1, -0.05) is 53.7 Å². The van der Waals surface area contributed by atoms with Crippen molar-refractivity contribution < 1.29 is 5.11 Å². The number of aliphatic hydroxyl groups is 1. The molecule has 1 atom stereocenters. The molecule has 4 nitrogen and oxygen atoms in total. The molecule has 0 radical (unpaired) electrons. The van der Waals surface area contributed by atoms with Crippen LogP contribution in [-0.4, -0.2) is 20.1 Å². The highest BCUT2D eigenvalue weighted by atomic mass is 16.3. The maximum absolute atomic E-state index is 11.0. The first-order valence-electron chi connectivity index (χ1n) is 8.99. The molecule has 0 amide bonds. The van der Waals surface area contributed by atoms with Gasteiger partial charge in [0.05, 0.1) is 11.2 Å². The number of benzene rings is 3. The summed E-state index contributed by atoms with van der Waals surface area (Å²) >= 11 is 0. The predicted octanol–water partition coefficient (Wildman–Crippen LogP) is 4.38. The van der Waals surface area contributed by atoms with Crippen LogP contribution in [0.1, 0.15) is 41.6 Å². The highest BCUT2D eigenvalue weighted by Crippen LogP contribution is 2.43. The van der Waals surface area contributed by atoms with E-state index in [-0.39, 0.29) is 0 Å². The van der Waals surface area contributed by atoms with Crippen LogP contribution in [0.4, 0.5) is 0 Å². The monoisotopic (exact) mass is 341 g/mol. The van der Waals surface area contributed by atoms with Crippen LogP contribution in [0.3, 0.4) is 0 Å². The highest BCUT2D eigenvalue weighted by molar-refractivity contribution is 5.77. The van der Waals surface area contributed by atoms with Gasteiger partial charge in [-0.2, -0.15) is 0 Å². The van der Waals surface area contributed by atoms with Gasteiger partial charge in [0, 0.05) is 0 Å². The van der Waals surface area contributed by atoms with Gasteiger partial charge in [-0.15, -0.1) is 5.10 Å². The Bertz CT molecular complexity index is 1070. The van der Waals surface area contributed by atoms with E-state index in [1.807, 2.05) is 65.3 Å². The number of aliphatic hydroxyl groups excluding tert-OH is 1. The van der Waals surface area contributed by atoms with Crippen molar-refractivity contribution in [3.8, 4) is 5.69 Å². The Balaban J connectivity index is 1.55. The molecule has 1 aliphatic rings. The number of para-hydroxylation sites is 1. The summed E-state index contributed by atoms with van der Waals surface area (Å²) in [6.45, 7) is 0. The summed E-state index contributed by atoms with van der Waals surface area (Å²) in [6.07, 6.45) is 1.79. The van der Waals surface area contributed by atoms with Crippen molar-refractivity contribution >= 4 is 11.0 Å². The summed E-state index contributed by atoms with van der Waals surface area (Å²) in [4.78, 5) is 0. The number of nitrogens with zero attached hydrogens (tertiary/aromatic N) is 3. The minimum absolute atomic E-state index is 0.600. The SMILES string of the molecule is OC(c1ccc2c(c1)nnn2-c1ccccc1)c1ccccc1C1CC1. The average Bonchev–Trinajstić information content (AvgIpc) is 3.47. The third kappa shape index (κ3) is 2.59. The summed E-state index contributed by atoms with van der Waals surface area (Å²) in [5.74, 6) is 0.600. The van der Waals surface area contributed by atoms with E-state index >= 15 is 0 Å². The van der Waals surface area contributed by atoms with Gasteiger partial charge in [0.1, 0.15) is 11.6 Å². The van der Waals surface area contributed by atoms with Crippen molar-refractivity contribution in [2.75, 3.05) is 0 Å². The molecule has 1 unspecified atom stereocenters. The first-order chi connectivity index (χ1) is 12.8. The molecule has 128 valence electrons. The smallest absolute Gasteiger partial charge is 0.114 e. The minimum Gasteiger partial charge on any atom is -0.384 e. The zero-order chi connectivity index (χ0) is 17.5. The zero-order valence-corrected chi connectivity index (χ0v) is 14.3. The molecule has 1 fully saturated rings. The second-order valence-corrected chi connectivity index (χ2v) is 6.89. The molecular formula is C22H19N3O. The quantitative estimate of drug-likeness (QED) is 0.599. The fraction of sp³-hybridized carbons (Fsp3) is 0.182. The van der Waals surface area contributed by atoms with E-state index in [0.29, 0.717) is 5.92 Å². The highest BCUT2D eigenvalue weighted by Gasteiger charge is 2.28. The first kappa shape index (κ1) is 15.3. The first-order valence-corrected chi connectivity index (χ1v) is 8.99. The van der Waals surface area contributed by atoms with Crippen molar-refractivity contribution in [2.45, 2.75) is 24.9 Å². The van der Waals surface area contributed by atoms with Crippen LogP contribution >= 0.6 is 0 Å². The van der Waals surface area contributed by atoms with Gasteiger partial charge in [-0.05, 0) is 59.7 Å². The van der Waals surface area contributed by atoms with Gasteiger partial charge in [-0.25, -0.2) is 4.68 Å². The lowest BCUT2D eigenvalue weighted by Crippen LogP contribution is -2.03. The largest absolute Gasteiger partial charge is 0.384 e. The molecule has 1 aromatic heterocycles. The Labute approximate surface area is 151 Å². The number of hydrogen-bond acceptors (Lipinski definition) is 3. The predicted molar refractivity (Wildman–Crippen MR) is 101 cm³/mol. The van der Waals surface area contributed by atoms with Crippen molar-refractivity contribution in [3.63, 3.8) is 0 Å². The summed E-state index contributed by atoms with van der Waals surface area (Å²) in [5, 5.41) is 19.6. The van der Waals surface area contributed by atoms with Crippen LogP contribution in [0.15, 0.2) is 72.8 Å². The van der Waals surface area contributed by atoms with Gasteiger partial charge in [0.25, 0.3) is 0 Å². The minimum atomic E-state index is -0.641. The van der Waals surface area contributed by atoms with E-state index in [1.54, 1.807) is 0 Å². The molecule has 1 heterocycles. The molecular weight excluding hydrogens is 322 g/mol. The lowest BCUT2D eigenvalue weighted by Gasteiger charge is -2.16. The Morgan fingerprint density at radius 2 is 1.69 bits per heavy atom. The van der Waals surface area contributed by atoms with Crippen LogP contribution in [0, 0.1) is 0 Å². The molecule has 0 bridgehead atoms. The summed E-state index contributed by atoms with van der Waals surface area (Å²) < 4.78 is 1.82. The van der Waals surface area contributed by atoms with E-state index in [9.17, 15) is 5.11 Å². The fourth-order valence-electron chi connectivity index (χ4n) is 3.58. The number of fused-ring (bicyclic) bond motifs is 1. The third-order valence-corrected chi connectivity index (χ3v) is 5.09. The zero-order valence-electron chi connectivity index (χ0n) is 14.3. The van der Waals surface area contributed by atoms with Crippen molar-refractivity contribution in [3.05, 3.63) is 89.5 Å². The Hall–Kier alpha value is -2.98. The number of aromatic nitrogens is 3. The fourth-order valence-corrected chi connectivity index (χ4v) is 3.58. The van der Waals surface area contributed by atoms with Crippen LogP contribution in [0.25, 0.3) is 16.7 Å². The van der Waals surface area contributed by atoms with Gasteiger partial charge in [0.2, 0.25) is 0 Å².